The first-order valence-corrected chi connectivity index (χ1v) is 10.0. The molecular weight excluding hydrogens is 374 g/mol. The predicted molar refractivity (Wildman–Crippen MR) is 106 cm³/mol. The van der Waals surface area contributed by atoms with Gasteiger partial charge in [0.25, 0.3) is 5.91 Å². The quantitative estimate of drug-likeness (QED) is 0.731. The van der Waals surface area contributed by atoms with E-state index in [1.54, 1.807) is 17.5 Å². The topological polar surface area (TPSA) is 92.1 Å². The number of carbonyl (C=O) groups is 1. The van der Waals surface area contributed by atoms with Crippen molar-refractivity contribution in [3.05, 3.63) is 52.8 Å². The largest absolute Gasteiger partial charge is 0.506 e. The summed E-state index contributed by atoms with van der Waals surface area (Å²) >= 11 is 1.69. The van der Waals surface area contributed by atoms with Gasteiger partial charge in [-0.2, -0.15) is 0 Å². The number of hydrogen-bond acceptors (Lipinski definition) is 7. The monoisotopic (exact) mass is 395 g/mol. The van der Waals surface area contributed by atoms with Gasteiger partial charge in [0.1, 0.15) is 11.6 Å². The van der Waals surface area contributed by atoms with Crippen molar-refractivity contribution >= 4 is 17.2 Å². The molecule has 3 aromatic heterocycles. The van der Waals surface area contributed by atoms with Crippen molar-refractivity contribution < 1.29 is 9.90 Å². The molecule has 1 aliphatic rings. The summed E-state index contributed by atoms with van der Waals surface area (Å²) in [6, 6.07) is 3.38. The molecule has 7 nitrogen and oxygen atoms in total. The minimum absolute atomic E-state index is 0.00600. The van der Waals surface area contributed by atoms with E-state index in [0.29, 0.717) is 24.6 Å². The van der Waals surface area contributed by atoms with Gasteiger partial charge >= 0.3 is 0 Å². The zero-order valence-corrected chi connectivity index (χ0v) is 16.6. The van der Waals surface area contributed by atoms with Gasteiger partial charge in [-0.3, -0.25) is 9.78 Å². The van der Waals surface area contributed by atoms with Gasteiger partial charge in [-0.25, -0.2) is 15.0 Å². The summed E-state index contributed by atoms with van der Waals surface area (Å²) in [6.45, 7) is 5.23. The lowest BCUT2D eigenvalue weighted by molar-refractivity contribution is 0.0712. The number of aryl methyl sites for hydroxylation is 2. The Balaban J connectivity index is 1.46. The molecule has 1 amide bonds. The number of nitrogens with zero attached hydrogens (tertiary/aromatic N) is 5. The summed E-state index contributed by atoms with van der Waals surface area (Å²) in [6.07, 6.45) is 6.33. The number of thiazole rings is 1. The fourth-order valence-corrected chi connectivity index (χ4v) is 4.67. The normalized spacial score (nSPS) is 15.0. The van der Waals surface area contributed by atoms with Crippen LogP contribution < -0.4 is 0 Å². The van der Waals surface area contributed by atoms with Crippen molar-refractivity contribution in [2.24, 2.45) is 0 Å². The van der Waals surface area contributed by atoms with Crippen LogP contribution in [-0.2, 0) is 0 Å². The second kappa shape index (κ2) is 7.63. The highest BCUT2D eigenvalue weighted by molar-refractivity contribution is 7.15. The van der Waals surface area contributed by atoms with Crippen LogP contribution >= 0.6 is 11.3 Å². The number of aromatic nitrogens is 4. The van der Waals surface area contributed by atoms with Crippen LogP contribution in [0.4, 0.5) is 0 Å². The van der Waals surface area contributed by atoms with Crippen LogP contribution in [-0.4, -0.2) is 48.9 Å². The second-order valence-corrected chi connectivity index (χ2v) is 7.98. The third-order valence-electron chi connectivity index (χ3n) is 4.92. The van der Waals surface area contributed by atoms with Crippen LogP contribution in [0.2, 0.25) is 0 Å². The van der Waals surface area contributed by atoms with Crippen molar-refractivity contribution in [2.45, 2.75) is 32.6 Å². The first-order chi connectivity index (χ1) is 13.5. The van der Waals surface area contributed by atoms with E-state index in [-0.39, 0.29) is 11.7 Å². The molecule has 0 aromatic carbocycles. The van der Waals surface area contributed by atoms with E-state index in [2.05, 4.69) is 15.0 Å². The number of rotatable bonds is 3. The number of hydrogen-bond donors (Lipinski definition) is 1. The van der Waals surface area contributed by atoms with Crippen molar-refractivity contribution in [3.63, 3.8) is 0 Å². The Morgan fingerprint density at radius 1 is 1.21 bits per heavy atom. The maximum absolute atomic E-state index is 12.6. The third-order valence-corrected chi connectivity index (χ3v) is 6.27. The molecule has 0 atom stereocenters. The summed E-state index contributed by atoms with van der Waals surface area (Å²) in [4.78, 5) is 32.9. The lowest BCUT2D eigenvalue weighted by atomic mass is 9.97. The SMILES string of the molecule is Cc1nccc(-c2sc(C3CCN(C(=O)c4cncc(O)c4)CC3)nc2C)n1. The maximum atomic E-state index is 12.6. The molecule has 1 fully saturated rings. The Kier molecular flexibility index (Phi) is 5.04. The van der Waals surface area contributed by atoms with E-state index in [9.17, 15) is 9.90 Å². The van der Waals surface area contributed by atoms with E-state index in [0.717, 1.165) is 39.9 Å². The number of likely N-dealkylation sites (tertiary alicyclic amines) is 1. The molecule has 0 saturated carbocycles. The Hall–Kier alpha value is -2.87. The molecule has 0 aliphatic carbocycles. The number of aromatic hydroxyl groups is 1. The molecule has 4 heterocycles. The molecule has 3 aromatic rings. The minimum Gasteiger partial charge on any atom is -0.506 e. The van der Waals surface area contributed by atoms with Crippen molar-refractivity contribution in [3.8, 4) is 16.3 Å². The Morgan fingerprint density at radius 3 is 2.71 bits per heavy atom. The van der Waals surface area contributed by atoms with E-state index in [1.807, 2.05) is 24.8 Å². The highest BCUT2D eigenvalue weighted by atomic mass is 32.1. The third kappa shape index (κ3) is 3.73. The lowest BCUT2D eigenvalue weighted by Crippen LogP contribution is -2.37. The van der Waals surface area contributed by atoms with Gasteiger partial charge in [0, 0.05) is 31.4 Å². The highest BCUT2D eigenvalue weighted by Gasteiger charge is 2.27. The molecule has 0 bridgehead atoms. The molecule has 0 radical (unpaired) electrons. The summed E-state index contributed by atoms with van der Waals surface area (Å²) in [5, 5.41) is 10.6. The van der Waals surface area contributed by atoms with Crippen LogP contribution in [0.3, 0.4) is 0 Å². The van der Waals surface area contributed by atoms with Crippen molar-refractivity contribution in [1.29, 1.82) is 0 Å². The number of piperidine rings is 1. The van der Waals surface area contributed by atoms with E-state index < -0.39 is 0 Å². The van der Waals surface area contributed by atoms with Gasteiger partial charge in [-0.15, -0.1) is 11.3 Å². The van der Waals surface area contributed by atoms with Gasteiger partial charge in [0.2, 0.25) is 0 Å². The van der Waals surface area contributed by atoms with E-state index in [1.165, 1.54) is 18.5 Å². The maximum Gasteiger partial charge on any atom is 0.255 e. The molecule has 1 saturated heterocycles. The van der Waals surface area contributed by atoms with Crippen LogP contribution in [0.15, 0.2) is 30.7 Å². The smallest absolute Gasteiger partial charge is 0.255 e. The Bertz CT molecular complexity index is 1010. The zero-order chi connectivity index (χ0) is 19.7. The standard InChI is InChI=1S/C20H21N5O2S/c1-12-18(17-3-6-22-13(2)24-17)28-19(23-12)14-4-7-25(8-5-14)20(27)15-9-16(26)11-21-10-15/h3,6,9-11,14,26H,4-5,7-8H2,1-2H3. The van der Waals surface area contributed by atoms with E-state index in [4.69, 9.17) is 4.98 Å². The molecule has 1 aliphatic heterocycles. The first kappa shape index (κ1) is 18.5. The van der Waals surface area contributed by atoms with Crippen molar-refractivity contribution in [1.82, 2.24) is 24.8 Å². The summed E-state index contributed by atoms with van der Waals surface area (Å²) < 4.78 is 0. The molecule has 8 heteroatoms. The average molecular weight is 395 g/mol. The molecule has 144 valence electrons. The molecule has 1 N–H and O–H groups in total. The number of pyridine rings is 1. The van der Waals surface area contributed by atoms with Crippen LogP contribution in [0.1, 0.15) is 45.6 Å². The molecule has 4 rings (SSSR count). The van der Waals surface area contributed by atoms with Crippen molar-refractivity contribution in [2.75, 3.05) is 13.1 Å². The van der Waals surface area contributed by atoms with Crippen LogP contribution in [0, 0.1) is 13.8 Å². The summed E-state index contributed by atoms with van der Waals surface area (Å²) in [5.74, 6) is 1.01. The van der Waals surface area contributed by atoms with Gasteiger partial charge in [0.15, 0.2) is 0 Å². The molecule has 0 spiro atoms. The lowest BCUT2D eigenvalue weighted by Gasteiger charge is -2.31. The zero-order valence-electron chi connectivity index (χ0n) is 15.8. The van der Waals surface area contributed by atoms with Gasteiger partial charge in [0.05, 0.1) is 33.0 Å². The minimum atomic E-state index is -0.0886. The van der Waals surface area contributed by atoms with Crippen LogP contribution in [0.25, 0.3) is 10.6 Å². The molecule has 28 heavy (non-hydrogen) atoms. The Labute approximate surface area is 167 Å². The van der Waals surface area contributed by atoms with Gasteiger partial charge in [-0.05, 0) is 38.8 Å². The predicted octanol–water partition coefficient (Wildman–Crippen LogP) is 3.34. The number of amides is 1. The fraction of sp³-hybridized carbons (Fsp3) is 0.350. The summed E-state index contributed by atoms with van der Waals surface area (Å²) in [7, 11) is 0. The van der Waals surface area contributed by atoms with Gasteiger partial charge < -0.3 is 10.0 Å². The highest BCUT2D eigenvalue weighted by Crippen LogP contribution is 2.36. The molecular formula is C20H21N5O2S. The summed E-state index contributed by atoms with van der Waals surface area (Å²) in [5.41, 5.74) is 2.32. The Morgan fingerprint density at radius 2 is 2.00 bits per heavy atom. The first-order valence-electron chi connectivity index (χ1n) is 9.22. The van der Waals surface area contributed by atoms with Gasteiger partial charge in [-0.1, -0.05) is 0 Å². The average Bonchev–Trinajstić information content (AvgIpc) is 3.09. The number of carbonyl (C=O) groups excluding carboxylic acids is 1. The fourth-order valence-electron chi connectivity index (χ4n) is 3.47. The molecule has 0 unspecified atom stereocenters. The second-order valence-electron chi connectivity index (χ2n) is 6.95. The van der Waals surface area contributed by atoms with E-state index >= 15 is 0 Å². The van der Waals surface area contributed by atoms with Crippen LogP contribution in [0.5, 0.6) is 5.75 Å².